The summed E-state index contributed by atoms with van der Waals surface area (Å²) in [5.74, 6) is 0.377. The Hall–Kier alpha value is -3.02. The Labute approximate surface area is 160 Å². The summed E-state index contributed by atoms with van der Waals surface area (Å²) in [6.45, 7) is 7.68. The van der Waals surface area contributed by atoms with Crippen LogP contribution >= 0.6 is 0 Å². The minimum Gasteiger partial charge on any atom is -0.460 e. The van der Waals surface area contributed by atoms with Crippen molar-refractivity contribution in [2.24, 2.45) is 0 Å². The lowest BCUT2D eigenvalue weighted by Crippen LogP contribution is -2.46. The Morgan fingerprint density at radius 3 is 2.07 bits per heavy atom. The molecule has 1 saturated heterocycles. The number of esters is 1. The lowest BCUT2D eigenvalue weighted by Gasteiger charge is -2.37. The second kappa shape index (κ2) is 9.07. The Balaban J connectivity index is 1.57. The van der Waals surface area contributed by atoms with Gasteiger partial charge in [-0.15, -0.1) is 0 Å². The number of hydrogen-bond acceptors (Lipinski definition) is 6. The van der Waals surface area contributed by atoms with Gasteiger partial charge in [0.1, 0.15) is 5.75 Å². The fraction of sp³-hybridized carbons (Fsp3) is 0.333. The van der Waals surface area contributed by atoms with Crippen LogP contribution in [0, 0.1) is 0 Å². The van der Waals surface area contributed by atoms with Crippen LogP contribution < -0.4 is 14.5 Å². The maximum Gasteiger partial charge on any atom is 0.373 e. The molecule has 0 atom stereocenters. The van der Waals surface area contributed by atoms with E-state index in [2.05, 4.69) is 14.8 Å². The number of rotatable bonds is 6. The number of pyridine rings is 1. The first-order chi connectivity index (χ1) is 13.2. The molecule has 1 aromatic carbocycles. The molecule has 0 saturated carbocycles. The van der Waals surface area contributed by atoms with E-state index in [1.807, 2.05) is 48.8 Å². The van der Waals surface area contributed by atoms with E-state index in [0.717, 1.165) is 31.9 Å². The standard InChI is InChI=1S/C21H25N3O3/c1-3-20(21(25)26-4-2)27-19-7-5-17(6-8-19)23-13-15-24(16-14-23)18-9-11-22-12-10-18/h3,5-12H,4,13-16H2,1-2H3/b20-3-. The zero-order valence-corrected chi connectivity index (χ0v) is 15.8. The quantitative estimate of drug-likeness (QED) is 0.444. The Kier molecular flexibility index (Phi) is 6.30. The third-order valence-corrected chi connectivity index (χ3v) is 4.48. The van der Waals surface area contributed by atoms with Crippen LogP contribution in [0.25, 0.3) is 0 Å². The second-order valence-electron chi connectivity index (χ2n) is 6.15. The number of hydrogen-bond donors (Lipinski definition) is 0. The average molecular weight is 367 g/mol. The molecule has 1 aromatic heterocycles. The minimum atomic E-state index is -0.448. The fourth-order valence-corrected chi connectivity index (χ4v) is 3.05. The van der Waals surface area contributed by atoms with E-state index in [9.17, 15) is 4.79 Å². The van der Waals surface area contributed by atoms with Crippen molar-refractivity contribution in [3.05, 3.63) is 60.6 Å². The molecule has 142 valence electrons. The molecule has 1 aliphatic heterocycles. The molecule has 0 unspecified atom stereocenters. The normalized spacial score (nSPS) is 14.8. The van der Waals surface area contributed by atoms with Crippen molar-refractivity contribution in [1.29, 1.82) is 0 Å². The molecule has 2 heterocycles. The molecule has 0 bridgehead atoms. The molecule has 2 aromatic rings. The summed E-state index contributed by atoms with van der Waals surface area (Å²) in [6.07, 6.45) is 5.27. The summed E-state index contributed by atoms with van der Waals surface area (Å²) in [5.41, 5.74) is 2.36. The number of benzene rings is 1. The summed E-state index contributed by atoms with van der Waals surface area (Å²) in [7, 11) is 0. The first kappa shape index (κ1) is 18.8. The van der Waals surface area contributed by atoms with Gasteiger partial charge in [-0.1, -0.05) is 0 Å². The predicted octanol–water partition coefficient (Wildman–Crippen LogP) is 3.25. The van der Waals surface area contributed by atoms with Crippen molar-refractivity contribution in [2.45, 2.75) is 13.8 Å². The van der Waals surface area contributed by atoms with Gasteiger partial charge in [0.25, 0.3) is 0 Å². The monoisotopic (exact) mass is 367 g/mol. The van der Waals surface area contributed by atoms with E-state index in [-0.39, 0.29) is 5.76 Å². The molecule has 1 fully saturated rings. The van der Waals surface area contributed by atoms with Crippen molar-refractivity contribution >= 4 is 17.3 Å². The van der Waals surface area contributed by atoms with Crippen LogP contribution in [0.4, 0.5) is 11.4 Å². The Bertz CT molecular complexity index is 767. The highest BCUT2D eigenvalue weighted by Crippen LogP contribution is 2.23. The number of nitrogens with zero attached hydrogens (tertiary/aromatic N) is 3. The lowest BCUT2D eigenvalue weighted by atomic mass is 10.2. The van der Waals surface area contributed by atoms with Gasteiger partial charge >= 0.3 is 5.97 Å². The molecule has 0 spiro atoms. The molecule has 3 rings (SSSR count). The van der Waals surface area contributed by atoms with Crippen molar-refractivity contribution < 1.29 is 14.3 Å². The summed E-state index contributed by atoms with van der Waals surface area (Å²) in [6, 6.07) is 11.9. The van der Waals surface area contributed by atoms with Crippen molar-refractivity contribution in [2.75, 3.05) is 42.6 Å². The second-order valence-corrected chi connectivity index (χ2v) is 6.15. The van der Waals surface area contributed by atoms with Crippen molar-refractivity contribution in [3.8, 4) is 5.75 Å². The summed E-state index contributed by atoms with van der Waals surface area (Å²) in [5, 5.41) is 0. The maximum atomic E-state index is 11.8. The van der Waals surface area contributed by atoms with Crippen LogP contribution in [0.3, 0.4) is 0 Å². The first-order valence-electron chi connectivity index (χ1n) is 9.22. The van der Waals surface area contributed by atoms with Crippen LogP contribution in [0.1, 0.15) is 13.8 Å². The highest BCUT2D eigenvalue weighted by molar-refractivity contribution is 5.86. The van der Waals surface area contributed by atoms with E-state index in [4.69, 9.17) is 9.47 Å². The van der Waals surface area contributed by atoms with Gasteiger partial charge in [-0.25, -0.2) is 4.79 Å². The molecule has 6 nitrogen and oxygen atoms in total. The van der Waals surface area contributed by atoms with Crippen LogP contribution in [0.5, 0.6) is 5.75 Å². The number of anilines is 2. The van der Waals surface area contributed by atoms with E-state index in [1.165, 1.54) is 5.69 Å². The van der Waals surface area contributed by atoms with Crippen molar-refractivity contribution in [3.63, 3.8) is 0 Å². The molecule has 0 N–H and O–H groups in total. The maximum absolute atomic E-state index is 11.8. The fourth-order valence-electron chi connectivity index (χ4n) is 3.05. The molecule has 27 heavy (non-hydrogen) atoms. The van der Waals surface area contributed by atoms with E-state index >= 15 is 0 Å². The van der Waals surface area contributed by atoms with Crippen LogP contribution in [0.2, 0.25) is 0 Å². The van der Waals surface area contributed by atoms with Gasteiger partial charge in [0.2, 0.25) is 5.76 Å². The number of carbonyl (C=O) groups is 1. The van der Waals surface area contributed by atoms with Gasteiger partial charge in [-0.2, -0.15) is 0 Å². The van der Waals surface area contributed by atoms with Crippen LogP contribution in [0.15, 0.2) is 60.6 Å². The van der Waals surface area contributed by atoms with Crippen LogP contribution in [-0.4, -0.2) is 43.7 Å². The van der Waals surface area contributed by atoms with Crippen LogP contribution in [-0.2, 0) is 9.53 Å². The van der Waals surface area contributed by atoms with Gasteiger partial charge in [0, 0.05) is 49.9 Å². The number of piperazine rings is 1. The minimum absolute atomic E-state index is 0.204. The number of ether oxygens (including phenoxy) is 2. The summed E-state index contributed by atoms with van der Waals surface area (Å²) >= 11 is 0. The third kappa shape index (κ3) is 4.78. The molecule has 6 heteroatoms. The average Bonchev–Trinajstić information content (AvgIpc) is 2.73. The smallest absolute Gasteiger partial charge is 0.373 e. The molecule has 0 radical (unpaired) electrons. The molecule has 1 aliphatic rings. The van der Waals surface area contributed by atoms with Gasteiger partial charge in [-0.05, 0) is 56.3 Å². The van der Waals surface area contributed by atoms with Gasteiger partial charge < -0.3 is 19.3 Å². The highest BCUT2D eigenvalue weighted by atomic mass is 16.6. The van der Waals surface area contributed by atoms with E-state index in [1.54, 1.807) is 19.9 Å². The third-order valence-electron chi connectivity index (χ3n) is 4.48. The molecular weight excluding hydrogens is 342 g/mol. The molecule has 0 amide bonds. The number of carbonyl (C=O) groups excluding carboxylic acids is 1. The first-order valence-corrected chi connectivity index (χ1v) is 9.22. The number of allylic oxidation sites excluding steroid dienone is 1. The van der Waals surface area contributed by atoms with Crippen molar-refractivity contribution in [1.82, 2.24) is 4.98 Å². The molecule has 0 aliphatic carbocycles. The predicted molar refractivity (Wildman–Crippen MR) is 106 cm³/mol. The van der Waals surface area contributed by atoms with Gasteiger partial charge in [0.05, 0.1) is 6.61 Å². The Morgan fingerprint density at radius 2 is 1.56 bits per heavy atom. The zero-order chi connectivity index (χ0) is 19.1. The van der Waals surface area contributed by atoms with Gasteiger partial charge in [-0.3, -0.25) is 4.98 Å². The summed E-state index contributed by atoms with van der Waals surface area (Å²) < 4.78 is 10.6. The number of aromatic nitrogens is 1. The Morgan fingerprint density at radius 1 is 1.00 bits per heavy atom. The van der Waals surface area contributed by atoms with Gasteiger partial charge in [0.15, 0.2) is 0 Å². The largest absolute Gasteiger partial charge is 0.460 e. The molecular formula is C21H25N3O3. The van der Waals surface area contributed by atoms with E-state index < -0.39 is 5.97 Å². The summed E-state index contributed by atoms with van der Waals surface area (Å²) in [4.78, 5) is 20.6. The topological polar surface area (TPSA) is 54.9 Å². The SMILES string of the molecule is C/C=C(\Oc1ccc(N2CCN(c3ccncc3)CC2)cc1)C(=O)OCC. The lowest BCUT2D eigenvalue weighted by molar-refractivity contribution is -0.141. The zero-order valence-electron chi connectivity index (χ0n) is 15.8. The highest BCUT2D eigenvalue weighted by Gasteiger charge is 2.18. The van der Waals surface area contributed by atoms with E-state index in [0.29, 0.717) is 12.4 Å².